The van der Waals surface area contributed by atoms with Gasteiger partial charge in [0.05, 0.1) is 6.42 Å². The van der Waals surface area contributed by atoms with Gasteiger partial charge < -0.3 is 4.74 Å². The molecule has 1 aliphatic rings. The van der Waals surface area contributed by atoms with Crippen LogP contribution in [0.4, 0.5) is 0 Å². The van der Waals surface area contributed by atoms with Crippen molar-refractivity contribution in [3.05, 3.63) is 0 Å². The van der Waals surface area contributed by atoms with Crippen molar-refractivity contribution in [3.8, 4) is 0 Å². The van der Waals surface area contributed by atoms with Gasteiger partial charge in [-0.2, -0.15) is 0 Å². The molecule has 2 amide bonds. The van der Waals surface area contributed by atoms with E-state index in [0.717, 1.165) is 0 Å². The van der Waals surface area contributed by atoms with Crippen LogP contribution in [0.5, 0.6) is 0 Å². The molecule has 0 spiro atoms. The molecule has 18 heavy (non-hydrogen) atoms. The van der Waals surface area contributed by atoms with Gasteiger partial charge in [-0.1, -0.05) is 13.8 Å². The zero-order valence-corrected chi connectivity index (χ0v) is 11.6. The summed E-state index contributed by atoms with van der Waals surface area (Å²) in [6.07, 6.45) is 0.0498. The van der Waals surface area contributed by atoms with E-state index in [2.05, 4.69) is 0 Å². The molecule has 0 saturated carbocycles. The molecule has 0 N–H and O–H groups in total. The third-order valence-corrected chi connectivity index (χ3v) is 3.02. The second-order valence-electron chi connectivity index (χ2n) is 5.74. The highest BCUT2D eigenvalue weighted by Gasteiger charge is 2.42. The lowest BCUT2D eigenvalue weighted by Crippen LogP contribution is -2.34. The fraction of sp³-hybridized carbons (Fsp3) is 0.769. The van der Waals surface area contributed by atoms with Crippen molar-refractivity contribution in [2.45, 2.75) is 46.6 Å². The molecule has 0 aromatic carbocycles. The number of carbonyl (C=O) groups is 3. The summed E-state index contributed by atoms with van der Waals surface area (Å²) in [6, 6.07) is 0. The lowest BCUT2D eigenvalue weighted by Gasteiger charge is -2.20. The van der Waals surface area contributed by atoms with E-state index in [1.165, 1.54) is 4.90 Å². The van der Waals surface area contributed by atoms with Crippen LogP contribution < -0.4 is 0 Å². The second kappa shape index (κ2) is 5.08. The molecule has 0 aromatic heterocycles. The molecule has 0 radical (unpaired) electrons. The first-order valence-corrected chi connectivity index (χ1v) is 6.20. The Hall–Kier alpha value is -1.39. The highest BCUT2D eigenvalue weighted by atomic mass is 16.6. The highest BCUT2D eigenvalue weighted by Crippen LogP contribution is 2.25. The Balaban J connectivity index is 2.52. The number of ether oxygens (including phenoxy) is 1. The van der Waals surface area contributed by atoms with E-state index < -0.39 is 11.6 Å². The molecule has 0 bridgehead atoms. The van der Waals surface area contributed by atoms with Crippen molar-refractivity contribution in [1.29, 1.82) is 0 Å². The van der Waals surface area contributed by atoms with Crippen molar-refractivity contribution in [1.82, 2.24) is 4.90 Å². The molecule has 0 aliphatic carbocycles. The molecule has 102 valence electrons. The van der Waals surface area contributed by atoms with E-state index in [0.29, 0.717) is 0 Å². The van der Waals surface area contributed by atoms with Gasteiger partial charge in [-0.05, 0) is 20.8 Å². The zero-order valence-electron chi connectivity index (χ0n) is 11.6. The second-order valence-corrected chi connectivity index (χ2v) is 5.74. The van der Waals surface area contributed by atoms with Gasteiger partial charge >= 0.3 is 5.97 Å². The standard InChI is InChI=1S/C13H21NO4/c1-8-9(2)12(17)14(11(8)16)7-6-10(15)18-13(3,4)5/h8-9H,6-7H2,1-5H3. The molecular weight excluding hydrogens is 234 g/mol. The number of rotatable bonds is 3. The minimum absolute atomic E-state index is 0.0498. The third-order valence-electron chi connectivity index (χ3n) is 3.02. The number of carbonyl (C=O) groups excluding carboxylic acids is 3. The van der Waals surface area contributed by atoms with E-state index in [1.54, 1.807) is 34.6 Å². The van der Waals surface area contributed by atoms with Crippen LogP contribution in [-0.2, 0) is 19.1 Å². The van der Waals surface area contributed by atoms with Gasteiger partial charge in [0.15, 0.2) is 0 Å². The summed E-state index contributed by atoms with van der Waals surface area (Å²) in [6.45, 7) is 8.92. The molecular formula is C13H21NO4. The van der Waals surface area contributed by atoms with Crippen molar-refractivity contribution in [2.24, 2.45) is 11.8 Å². The van der Waals surface area contributed by atoms with Gasteiger partial charge in [0.1, 0.15) is 5.60 Å². The number of likely N-dealkylation sites (tertiary alicyclic amines) is 1. The molecule has 1 aliphatic heterocycles. The van der Waals surface area contributed by atoms with Crippen LogP contribution in [0.2, 0.25) is 0 Å². The Kier molecular flexibility index (Phi) is 4.14. The molecule has 5 nitrogen and oxygen atoms in total. The Morgan fingerprint density at radius 3 is 2.00 bits per heavy atom. The van der Waals surface area contributed by atoms with Crippen LogP contribution in [0.1, 0.15) is 41.0 Å². The monoisotopic (exact) mass is 255 g/mol. The van der Waals surface area contributed by atoms with Crippen molar-refractivity contribution < 1.29 is 19.1 Å². The van der Waals surface area contributed by atoms with E-state index in [4.69, 9.17) is 4.74 Å². The fourth-order valence-corrected chi connectivity index (χ4v) is 1.84. The molecule has 0 aromatic rings. The summed E-state index contributed by atoms with van der Waals surface area (Å²) in [5.74, 6) is -1.38. The zero-order chi connectivity index (χ0) is 14.1. The first kappa shape index (κ1) is 14.7. The number of imide groups is 1. The first-order chi connectivity index (χ1) is 8.13. The summed E-state index contributed by atoms with van der Waals surface area (Å²) in [5.41, 5.74) is -0.545. The lowest BCUT2D eigenvalue weighted by molar-refractivity contribution is -0.155. The van der Waals surface area contributed by atoms with Crippen LogP contribution in [0.25, 0.3) is 0 Å². The quantitative estimate of drug-likeness (QED) is 0.564. The summed E-state index contributed by atoms with van der Waals surface area (Å²) in [7, 11) is 0. The summed E-state index contributed by atoms with van der Waals surface area (Å²) in [5, 5.41) is 0. The van der Waals surface area contributed by atoms with Crippen LogP contribution in [0, 0.1) is 11.8 Å². The van der Waals surface area contributed by atoms with Crippen molar-refractivity contribution >= 4 is 17.8 Å². The SMILES string of the molecule is CC1C(=O)N(CCC(=O)OC(C)(C)C)C(=O)C1C. The predicted molar refractivity (Wildman–Crippen MR) is 65.5 cm³/mol. The molecule has 1 heterocycles. The first-order valence-electron chi connectivity index (χ1n) is 6.20. The highest BCUT2D eigenvalue weighted by molar-refractivity contribution is 6.04. The average Bonchev–Trinajstić information content (AvgIpc) is 2.39. The van der Waals surface area contributed by atoms with Gasteiger partial charge in [0, 0.05) is 18.4 Å². The summed E-state index contributed by atoms with van der Waals surface area (Å²) >= 11 is 0. The Bertz CT molecular complexity index is 350. The van der Waals surface area contributed by atoms with Gasteiger partial charge in [0.2, 0.25) is 11.8 Å². The topological polar surface area (TPSA) is 63.7 Å². The van der Waals surface area contributed by atoms with Gasteiger partial charge in [-0.25, -0.2) is 0 Å². The maximum Gasteiger partial charge on any atom is 0.308 e. The van der Waals surface area contributed by atoms with Crippen molar-refractivity contribution in [2.75, 3.05) is 6.54 Å². The lowest BCUT2D eigenvalue weighted by atomic mass is 10.00. The fourth-order valence-electron chi connectivity index (χ4n) is 1.84. The smallest absolute Gasteiger partial charge is 0.308 e. The predicted octanol–water partition coefficient (Wildman–Crippen LogP) is 1.36. The van der Waals surface area contributed by atoms with Crippen LogP contribution >= 0.6 is 0 Å². The van der Waals surface area contributed by atoms with E-state index in [-0.39, 0.29) is 36.6 Å². The summed E-state index contributed by atoms with van der Waals surface area (Å²) in [4.78, 5) is 36.2. The normalized spacial score (nSPS) is 24.6. The third kappa shape index (κ3) is 3.31. The largest absolute Gasteiger partial charge is 0.460 e. The van der Waals surface area contributed by atoms with Crippen LogP contribution in [0.3, 0.4) is 0 Å². The van der Waals surface area contributed by atoms with E-state index in [9.17, 15) is 14.4 Å². The maximum atomic E-state index is 11.8. The summed E-state index contributed by atoms with van der Waals surface area (Å²) < 4.78 is 5.13. The van der Waals surface area contributed by atoms with E-state index in [1.807, 2.05) is 0 Å². The number of nitrogens with zero attached hydrogens (tertiary/aromatic N) is 1. The number of hydrogen-bond acceptors (Lipinski definition) is 4. The van der Waals surface area contributed by atoms with Crippen molar-refractivity contribution in [3.63, 3.8) is 0 Å². The number of esters is 1. The van der Waals surface area contributed by atoms with Gasteiger partial charge in [0.25, 0.3) is 0 Å². The average molecular weight is 255 g/mol. The maximum absolute atomic E-state index is 11.8. The van der Waals surface area contributed by atoms with Gasteiger partial charge in [-0.3, -0.25) is 19.3 Å². The molecule has 5 heteroatoms. The van der Waals surface area contributed by atoms with Crippen LogP contribution in [0.15, 0.2) is 0 Å². The Morgan fingerprint density at radius 2 is 1.61 bits per heavy atom. The Labute approximate surface area is 107 Å². The number of hydrogen-bond donors (Lipinski definition) is 0. The molecule has 1 rings (SSSR count). The molecule has 1 fully saturated rings. The minimum atomic E-state index is -0.545. The number of amides is 2. The molecule has 2 unspecified atom stereocenters. The van der Waals surface area contributed by atoms with E-state index >= 15 is 0 Å². The minimum Gasteiger partial charge on any atom is -0.460 e. The Morgan fingerprint density at radius 1 is 1.17 bits per heavy atom. The van der Waals surface area contributed by atoms with Crippen LogP contribution in [-0.4, -0.2) is 34.8 Å². The molecule has 2 atom stereocenters. The van der Waals surface area contributed by atoms with Gasteiger partial charge in [-0.15, -0.1) is 0 Å². The molecule has 1 saturated heterocycles.